The number of phenols is 2. The molecule has 1 atom stereocenters. The summed E-state index contributed by atoms with van der Waals surface area (Å²) >= 11 is 0. The predicted molar refractivity (Wildman–Crippen MR) is 62.5 cm³/mol. The fourth-order valence-corrected chi connectivity index (χ4v) is 1.85. The SMILES string of the molecule is O=C(c1ccc(O)c(O)c1)N1CCOC(CO)C1. The first kappa shape index (κ1) is 12.7. The standard InChI is InChI=1S/C12H15NO5/c14-7-9-6-13(3-4-18-9)12(17)8-1-2-10(15)11(16)5-8/h1-2,5,9,14-16H,3-4,6-7H2. The summed E-state index contributed by atoms with van der Waals surface area (Å²) in [4.78, 5) is 13.7. The summed E-state index contributed by atoms with van der Waals surface area (Å²) < 4.78 is 5.25. The summed E-state index contributed by atoms with van der Waals surface area (Å²) in [5.74, 6) is -0.846. The van der Waals surface area contributed by atoms with Gasteiger partial charge in [-0.15, -0.1) is 0 Å². The van der Waals surface area contributed by atoms with Crippen LogP contribution in [0, 0.1) is 0 Å². The second kappa shape index (κ2) is 5.24. The third-order valence-electron chi connectivity index (χ3n) is 2.85. The van der Waals surface area contributed by atoms with E-state index in [1.807, 2.05) is 0 Å². The van der Waals surface area contributed by atoms with E-state index in [1.165, 1.54) is 18.2 Å². The summed E-state index contributed by atoms with van der Waals surface area (Å²) in [6.45, 7) is 1.000. The number of nitrogens with zero attached hydrogens (tertiary/aromatic N) is 1. The average Bonchev–Trinajstić information content (AvgIpc) is 2.41. The number of hydrogen-bond acceptors (Lipinski definition) is 5. The maximum Gasteiger partial charge on any atom is 0.254 e. The van der Waals surface area contributed by atoms with E-state index >= 15 is 0 Å². The van der Waals surface area contributed by atoms with Gasteiger partial charge in [0.05, 0.1) is 19.3 Å². The van der Waals surface area contributed by atoms with Gasteiger partial charge in [0.2, 0.25) is 0 Å². The van der Waals surface area contributed by atoms with Gasteiger partial charge in [-0.2, -0.15) is 0 Å². The maximum atomic E-state index is 12.1. The average molecular weight is 253 g/mol. The molecule has 98 valence electrons. The van der Waals surface area contributed by atoms with Crippen LogP contribution in [0.1, 0.15) is 10.4 Å². The summed E-state index contributed by atoms with van der Waals surface area (Å²) in [5, 5.41) is 27.6. The molecular weight excluding hydrogens is 238 g/mol. The van der Waals surface area contributed by atoms with E-state index in [0.29, 0.717) is 25.3 Å². The van der Waals surface area contributed by atoms with Crippen LogP contribution in [0.2, 0.25) is 0 Å². The highest BCUT2D eigenvalue weighted by Gasteiger charge is 2.24. The molecule has 0 saturated carbocycles. The highest BCUT2D eigenvalue weighted by molar-refractivity contribution is 5.95. The van der Waals surface area contributed by atoms with Crippen LogP contribution in [0.15, 0.2) is 18.2 Å². The maximum absolute atomic E-state index is 12.1. The van der Waals surface area contributed by atoms with Crippen molar-refractivity contribution in [1.29, 1.82) is 0 Å². The van der Waals surface area contributed by atoms with E-state index in [1.54, 1.807) is 4.90 Å². The molecule has 0 spiro atoms. The minimum atomic E-state index is -0.367. The van der Waals surface area contributed by atoms with Gasteiger partial charge in [-0.1, -0.05) is 0 Å². The molecule has 1 heterocycles. The summed E-state index contributed by atoms with van der Waals surface area (Å²) in [7, 11) is 0. The number of carbonyl (C=O) groups is 1. The minimum Gasteiger partial charge on any atom is -0.504 e. The number of benzene rings is 1. The Hall–Kier alpha value is -1.79. The number of rotatable bonds is 2. The molecular formula is C12H15NO5. The Kier molecular flexibility index (Phi) is 3.69. The Bertz CT molecular complexity index is 448. The predicted octanol–water partition coefficient (Wildman–Crippen LogP) is -0.0689. The second-order valence-corrected chi connectivity index (χ2v) is 4.13. The van der Waals surface area contributed by atoms with Crippen LogP contribution in [-0.4, -0.2) is 58.5 Å². The van der Waals surface area contributed by atoms with Gasteiger partial charge in [-0.05, 0) is 18.2 Å². The smallest absolute Gasteiger partial charge is 0.254 e. The highest BCUT2D eigenvalue weighted by atomic mass is 16.5. The fraction of sp³-hybridized carbons (Fsp3) is 0.417. The third kappa shape index (κ3) is 2.55. The van der Waals surface area contributed by atoms with Crippen molar-refractivity contribution in [2.45, 2.75) is 6.10 Å². The van der Waals surface area contributed by atoms with Crippen LogP contribution < -0.4 is 0 Å². The van der Waals surface area contributed by atoms with Gasteiger partial charge in [0.1, 0.15) is 0 Å². The molecule has 6 nitrogen and oxygen atoms in total. The number of aliphatic hydroxyl groups excluding tert-OH is 1. The number of aromatic hydroxyl groups is 2. The Morgan fingerprint density at radius 1 is 1.39 bits per heavy atom. The summed E-state index contributed by atoms with van der Waals surface area (Å²) in [6, 6.07) is 3.94. The lowest BCUT2D eigenvalue weighted by Crippen LogP contribution is -2.46. The molecule has 1 fully saturated rings. The molecule has 1 aromatic rings. The molecule has 1 aliphatic rings. The van der Waals surface area contributed by atoms with Crippen molar-refractivity contribution < 1.29 is 24.9 Å². The molecule has 1 aliphatic heterocycles. The Labute approximate surface area is 104 Å². The van der Waals surface area contributed by atoms with E-state index in [-0.39, 0.29) is 30.1 Å². The number of morpholine rings is 1. The Morgan fingerprint density at radius 2 is 2.17 bits per heavy atom. The van der Waals surface area contributed by atoms with Gasteiger partial charge in [0.25, 0.3) is 5.91 Å². The fourth-order valence-electron chi connectivity index (χ4n) is 1.85. The molecule has 0 radical (unpaired) electrons. The van der Waals surface area contributed by atoms with Crippen molar-refractivity contribution in [1.82, 2.24) is 4.90 Å². The van der Waals surface area contributed by atoms with Gasteiger partial charge in [-0.25, -0.2) is 0 Å². The van der Waals surface area contributed by atoms with Gasteiger partial charge < -0.3 is 25.0 Å². The van der Waals surface area contributed by atoms with Crippen molar-refractivity contribution in [3.8, 4) is 11.5 Å². The first-order chi connectivity index (χ1) is 8.61. The van der Waals surface area contributed by atoms with Gasteiger partial charge >= 0.3 is 0 Å². The first-order valence-electron chi connectivity index (χ1n) is 5.65. The number of amides is 1. The zero-order chi connectivity index (χ0) is 13.1. The van der Waals surface area contributed by atoms with Gasteiger partial charge in [0.15, 0.2) is 11.5 Å². The number of ether oxygens (including phenoxy) is 1. The molecule has 1 amide bonds. The van der Waals surface area contributed by atoms with E-state index in [0.717, 1.165) is 0 Å². The molecule has 6 heteroatoms. The Morgan fingerprint density at radius 3 is 2.83 bits per heavy atom. The molecule has 2 rings (SSSR count). The first-order valence-corrected chi connectivity index (χ1v) is 5.65. The molecule has 1 aromatic carbocycles. The normalized spacial score (nSPS) is 19.8. The Balaban J connectivity index is 2.12. The van der Waals surface area contributed by atoms with Gasteiger partial charge in [0, 0.05) is 18.7 Å². The van der Waals surface area contributed by atoms with Crippen molar-refractivity contribution in [2.24, 2.45) is 0 Å². The minimum absolute atomic E-state index is 0.134. The van der Waals surface area contributed by atoms with Crippen LogP contribution >= 0.6 is 0 Å². The quantitative estimate of drug-likeness (QED) is 0.642. The van der Waals surface area contributed by atoms with Gasteiger partial charge in [-0.3, -0.25) is 4.79 Å². The lowest BCUT2D eigenvalue weighted by molar-refractivity contribution is -0.0447. The lowest BCUT2D eigenvalue weighted by Gasteiger charge is -2.32. The van der Waals surface area contributed by atoms with Crippen LogP contribution in [0.5, 0.6) is 11.5 Å². The van der Waals surface area contributed by atoms with Crippen molar-refractivity contribution in [3.05, 3.63) is 23.8 Å². The van der Waals surface area contributed by atoms with E-state index in [4.69, 9.17) is 9.84 Å². The molecule has 3 N–H and O–H groups in total. The van der Waals surface area contributed by atoms with Crippen molar-refractivity contribution in [2.75, 3.05) is 26.3 Å². The lowest BCUT2D eigenvalue weighted by atomic mass is 10.1. The molecule has 18 heavy (non-hydrogen) atoms. The van der Waals surface area contributed by atoms with Crippen LogP contribution in [0.4, 0.5) is 0 Å². The molecule has 0 bridgehead atoms. The van der Waals surface area contributed by atoms with Crippen LogP contribution in [0.3, 0.4) is 0 Å². The van der Waals surface area contributed by atoms with E-state index in [9.17, 15) is 15.0 Å². The number of hydrogen-bond donors (Lipinski definition) is 3. The molecule has 0 aliphatic carbocycles. The van der Waals surface area contributed by atoms with Crippen molar-refractivity contribution in [3.63, 3.8) is 0 Å². The molecule has 1 unspecified atom stereocenters. The highest BCUT2D eigenvalue weighted by Crippen LogP contribution is 2.25. The summed E-state index contributed by atoms with van der Waals surface area (Å²) in [5.41, 5.74) is 0.295. The largest absolute Gasteiger partial charge is 0.504 e. The molecule has 0 aromatic heterocycles. The second-order valence-electron chi connectivity index (χ2n) is 4.13. The zero-order valence-corrected chi connectivity index (χ0v) is 9.74. The van der Waals surface area contributed by atoms with E-state index < -0.39 is 0 Å². The number of phenolic OH excluding ortho intramolecular Hbond substituents is 2. The topological polar surface area (TPSA) is 90.2 Å². The number of carbonyl (C=O) groups excluding carboxylic acids is 1. The molecule has 1 saturated heterocycles. The number of aliphatic hydroxyl groups is 1. The van der Waals surface area contributed by atoms with Crippen molar-refractivity contribution >= 4 is 5.91 Å². The van der Waals surface area contributed by atoms with Crippen LogP contribution in [-0.2, 0) is 4.74 Å². The zero-order valence-electron chi connectivity index (χ0n) is 9.74. The summed E-state index contributed by atoms with van der Waals surface area (Å²) in [6.07, 6.45) is -0.367. The van der Waals surface area contributed by atoms with E-state index in [2.05, 4.69) is 0 Å². The third-order valence-corrected chi connectivity index (χ3v) is 2.85. The van der Waals surface area contributed by atoms with Crippen LogP contribution in [0.25, 0.3) is 0 Å². The monoisotopic (exact) mass is 253 g/mol.